The van der Waals surface area contributed by atoms with Crippen LogP contribution in [0.1, 0.15) is 5.56 Å². The van der Waals surface area contributed by atoms with E-state index in [0.29, 0.717) is 0 Å². The Hall–Kier alpha value is -0.900. The predicted octanol–water partition coefficient (Wildman–Crippen LogP) is -1.33. The van der Waals surface area contributed by atoms with Crippen LogP contribution in [-0.2, 0) is 20.2 Å². The Morgan fingerprint density at radius 2 is 1.27 bits per heavy atom. The van der Waals surface area contributed by atoms with Crippen molar-refractivity contribution < 1.29 is 55.1 Å². The fourth-order valence-corrected chi connectivity index (χ4v) is 2.94. The molecule has 0 saturated heterocycles. The van der Waals surface area contributed by atoms with E-state index in [-0.39, 0.29) is 40.2 Å². The molecule has 0 aliphatic rings. The Kier molecular flexibility index (Phi) is 6.19. The van der Waals surface area contributed by atoms with Crippen molar-refractivity contribution in [1.82, 2.24) is 0 Å². The van der Waals surface area contributed by atoms with E-state index in [1.807, 2.05) is 6.92 Å². The van der Waals surface area contributed by atoms with Gasteiger partial charge in [-0.2, -0.15) is 8.42 Å². The van der Waals surface area contributed by atoms with Crippen LogP contribution in [0.25, 0.3) is 0 Å². The van der Waals surface area contributed by atoms with Crippen molar-refractivity contribution in [3.8, 4) is 5.75 Å². The van der Waals surface area contributed by atoms with Gasteiger partial charge in [0.05, 0.1) is 4.90 Å². The Labute approximate surface area is 151 Å². The summed E-state index contributed by atoms with van der Waals surface area (Å²) in [5.41, 5.74) is 0.902. The molecule has 2 rings (SSSR count). The van der Waals surface area contributed by atoms with Gasteiger partial charge in [-0.3, -0.25) is 0 Å². The van der Waals surface area contributed by atoms with Crippen LogP contribution in [0.4, 0.5) is 0 Å². The molecule has 9 heteroatoms. The minimum Gasteiger partial charge on any atom is -0.744 e. The zero-order valence-electron chi connectivity index (χ0n) is 11.9. The molecule has 0 radical (unpaired) electrons. The number of rotatable bonds is 4. The standard InChI is InChI=1S/C13H12O6S2.Na/c1-10-2-6-13(7-3-10)21(17,18)19-11-4-8-12(9-5-11)20(14,15)16;/h2-9H,1H3,(H,14,15,16);/q;+1/p-1. The van der Waals surface area contributed by atoms with Gasteiger partial charge >= 0.3 is 39.7 Å². The van der Waals surface area contributed by atoms with Crippen LogP contribution in [0.5, 0.6) is 5.75 Å². The van der Waals surface area contributed by atoms with Crippen LogP contribution in [0.2, 0.25) is 0 Å². The number of hydrogen-bond donors (Lipinski definition) is 0. The average molecular weight is 350 g/mol. The van der Waals surface area contributed by atoms with Crippen molar-refractivity contribution in [3.63, 3.8) is 0 Å². The van der Waals surface area contributed by atoms with Crippen LogP contribution >= 0.6 is 0 Å². The molecule has 0 saturated carbocycles. The summed E-state index contributed by atoms with van der Waals surface area (Å²) >= 11 is 0. The molecule has 0 N–H and O–H groups in total. The van der Waals surface area contributed by atoms with Crippen LogP contribution in [0, 0.1) is 6.92 Å². The van der Waals surface area contributed by atoms with Crippen molar-refractivity contribution >= 4 is 20.2 Å². The Morgan fingerprint density at radius 1 is 0.818 bits per heavy atom. The Balaban J connectivity index is 0.00000242. The number of hydrogen-bond acceptors (Lipinski definition) is 6. The fourth-order valence-electron chi connectivity index (χ4n) is 1.54. The van der Waals surface area contributed by atoms with Gasteiger partial charge in [0, 0.05) is 0 Å². The third-order valence-electron chi connectivity index (χ3n) is 2.63. The van der Waals surface area contributed by atoms with Gasteiger partial charge in [-0.1, -0.05) is 17.7 Å². The smallest absolute Gasteiger partial charge is 0.744 e. The molecular formula is C13H11NaO6S2. The molecule has 112 valence electrons. The molecule has 0 aliphatic heterocycles. The van der Waals surface area contributed by atoms with Crippen LogP contribution in [-0.4, -0.2) is 21.4 Å². The first-order valence-corrected chi connectivity index (χ1v) is 8.57. The van der Waals surface area contributed by atoms with Gasteiger partial charge in [0.2, 0.25) is 0 Å². The molecule has 0 aromatic heterocycles. The zero-order chi connectivity index (χ0) is 15.7. The minimum absolute atomic E-state index is 0. The van der Waals surface area contributed by atoms with Crippen molar-refractivity contribution in [2.75, 3.05) is 0 Å². The number of benzene rings is 2. The zero-order valence-corrected chi connectivity index (χ0v) is 15.5. The summed E-state index contributed by atoms with van der Waals surface area (Å²) in [7, 11) is -8.58. The summed E-state index contributed by atoms with van der Waals surface area (Å²) < 4.78 is 61.2. The average Bonchev–Trinajstić information content (AvgIpc) is 2.38. The molecule has 22 heavy (non-hydrogen) atoms. The van der Waals surface area contributed by atoms with Crippen molar-refractivity contribution in [3.05, 3.63) is 54.1 Å². The second-order valence-corrected chi connectivity index (χ2v) is 7.20. The first-order valence-electron chi connectivity index (χ1n) is 5.76. The van der Waals surface area contributed by atoms with E-state index < -0.39 is 25.1 Å². The summed E-state index contributed by atoms with van der Waals surface area (Å²) in [5.74, 6) is -0.0806. The van der Waals surface area contributed by atoms with Gasteiger partial charge in [-0.05, 0) is 43.3 Å². The Bertz CT molecular complexity index is 840. The summed E-state index contributed by atoms with van der Waals surface area (Å²) in [5, 5.41) is 0. The van der Waals surface area contributed by atoms with Crippen molar-refractivity contribution in [1.29, 1.82) is 0 Å². The van der Waals surface area contributed by atoms with E-state index in [1.54, 1.807) is 12.1 Å². The first-order chi connectivity index (χ1) is 9.68. The van der Waals surface area contributed by atoms with E-state index in [9.17, 15) is 21.4 Å². The second kappa shape index (κ2) is 7.12. The molecule has 6 nitrogen and oxygen atoms in total. The van der Waals surface area contributed by atoms with E-state index in [0.717, 1.165) is 29.8 Å². The molecule has 2 aromatic carbocycles. The Morgan fingerprint density at radius 3 is 1.73 bits per heavy atom. The quantitative estimate of drug-likeness (QED) is 0.385. The largest absolute Gasteiger partial charge is 1.00 e. The van der Waals surface area contributed by atoms with Crippen molar-refractivity contribution in [2.24, 2.45) is 0 Å². The van der Waals surface area contributed by atoms with Gasteiger partial charge in [-0.25, -0.2) is 8.42 Å². The maximum absolute atomic E-state index is 12.0. The van der Waals surface area contributed by atoms with E-state index in [1.165, 1.54) is 12.1 Å². The van der Waals surface area contributed by atoms with E-state index >= 15 is 0 Å². The minimum atomic E-state index is -4.58. The molecule has 0 aliphatic carbocycles. The van der Waals surface area contributed by atoms with Gasteiger partial charge < -0.3 is 8.74 Å². The maximum atomic E-state index is 12.0. The fraction of sp³-hybridized carbons (Fsp3) is 0.0769. The predicted molar refractivity (Wildman–Crippen MR) is 73.4 cm³/mol. The third kappa shape index (κ3) is 4.80. The third-order valence-corrected chi connectivity index (χ3v) is 4.74. The van der Waals surface area contributed by atoms with Gasteiger partial charge in [0.15, 0.2) is 0 Å². The topological polar surface area (TPSA) is 101 Å². The normalized spacial score (nSPS) is 11.5. The molecule has 2 aromatic rings. The molecule has 0 atom stereocenters. The van der Waals surface area contributed by atoms with E-state index in [2.05, 4.69) is 0 Å². The molecule has 0 heterocycles. The SMILES string of the molecule is Cc1ccc(S(=O)(=O)Oc2ccc(S(=O)(=O)[O-])cc2)cc1.[Na+]. The second-order valence-electron chi connectivity index (χ2n) is 4.28. The van der Waals surface area contributed by atoms with Crippen LogP contribution in [0.3, 0.4) is 0 Å². The summed E-state index contributed by atoms with van der Waals surface area (Å²) in [4.78, 5) is -0.476. The van der Waals surface area contributed by atoms with Crippen LogP contribution < -0.4 is 33.7 Å². The maximum Gasteiger partial charge on any atom is 1.00 e. The first kappa shape index (κ1) is 19.1. The van der Waals surface area contributed by atoms with Crippen LogP contribution in [0.15, 0.2) is 58.3 Å². The molecule has 0 spiro atoms. The molecule has 0 fully saturated rings. The summed E-state index contributed by atoms with van der Waals surface area (Å²) in [6, 6.07) is 10.3. The van der Waals surface area contributed by atoms with Gasteiger partial charge in [-0.15, -0.1) is 0 Å². The van der Waals surface area contributed by atoms with Crippen molar-refractivity contribution in [2.45, 2.75) is 16.7 Å². The van der Waals surface area contributed by atoms with E-state index in [4.69, 9.17) is 4.18 Å². The summed E-state index contributed by atoms with van der Waals surface area (Å²) in [6.07, 6.45) is 0. The molecule has 0 bridgehead atoms. The molecular weight excluding hydrogens is 339 g/mol. The number of aryl methyl sites for hydroxylation is 1. The summed E-state index contributed by atoms with van der Waals surface area (Å²) in [6.45, 7) is 1.82. The monoisotopic (exact) mass is 350 g/mol. The van der Waals surface area contributed by atoms with Gasteiger partial charge in [0.1, 0.15) is 20.8 Å². The molecule has 0 amide bonds. The van der Waals surface area contributed by atoms with Gasteiger partial charge in [0.25, 0.3) is 0 Å². The molecule has 0 unspecified atom stereocenters.